The van der Waals surface area contributed by atoms with Crippen LogP contribution in [0.5, 0.6) is 0 Å². The van der Waals surface area contributed by atoms with E-state index in [9.17, 15) is 4.79 Å². The Morgan fingerprint density at radius 2 is 1.86 bits per heavy atom. The van der Waals surface area contributed by atoms with E-state index < -0.39 is 0 Å². The van der Waals surface area contributed by atoms with Gasteiger partial charge in [-0.1, -0.05) is 34.1 Å². The maximum Gasteiger partial charge on any atom is 0.255 e. The van der Waals surface area contributed by atoms with Crippen molar-refractivity contribution < 1.29 is 4.79 Å². The highest BCUT2D eigenvalue weighted by Gasteiger charge is 2.08. The zero-order valence-electron chi connectivity index (χ0n) is 11.2. The molecular formula is C17H13BrN2O. The number of aromatic nitrogens is 1. The van der Waals surface area contributed by atoms with Gasteiger partial charge < -0.3 is 5.32 Å². The van der Waals surface area contributed by atoms with Gasteiger partial charge in [-0.05, 0) is 42.0 Å². The van der Waals surface area contributed by atoms with E-state index in [0.717, 1.165) is 27.5 Å². The number of hydrogen-bond acceptors (Lipinski definition) is 2. The lowest BCUT2D eigenvalue weighted by molar-refractivity contribution is 0.102. The molecule has 1 aromatic heterocycles. The van der Waals surface area contributed by atoms with Crippen LogP contribution in [0.3, 0.4) is 0 Å². The Hall–Kier alpha value is -2.20. The summed E-state index contributed by atoms with van der Waals surface area (Å²) in [4.78, 5) is 16.6. The Morgan fingerprint density at radius 1 is 1.05 bits per heavy atom. The zero-order valence-corrected chi connectivity index (χ0v) is 12.8. The van der Waals surface area contributed by atoms with Crippen LogP contribution in [0.15, 0.2) is 60.8 Å². The maximum atomic E-state index is 12.3. The minimum Gasteiger partial charge on any atom is -0.321 e. The third-order valence-corrected chi connectivity index (χ3v) is 3.91. The van der Waals surface area contributed by atoms with E-state index in [4.69, 9.17) is 0 Å². The number of carbonyl (C=O) groups excluding carboxylic acids is 1. The molecule has 0 aliphatic carbocycles. The number of alkyl halides is 1. The summed E-state index contributed by atoms with van der Waals surface area (Å²) in [7, 11) is 0. The first-order valence-corrected chi connectivity index (χ1v) is 7.70. The molecule has 0 spiro atoms. The summed E-state index contributed by atoms with van der Waals surface area (Å²) in [6.45, 7) is 0. The van der Waals surface area contributed by atoms with Gasteiger partial charge in [0.15, 0.2) is 0 Å². The van der Waals surface area contributed by atoms with Crippen molar-refractivity contribution in [2.45, 2.75) is 5.33 Å². The van der Waals surface area contributed by atoms with Crippen molar-refractivity contribution in [2.75, 3.05) is 5.32 Å². The number of nitrogens with one attached hydrogen (secondary N) is 1. The predicted molar refractivity (Wildman–Crippen MR) is 88.8 cm³/mol. The molecule has 3 nitrogen and oxygen atoms in total. The summed E-state index contributed by atoms with van der Waals surface area (Å²) in [5.74, 6) is -0.118. The monoisotopic (exact) mass is 340 g/mol. The standard InChI is InChI=1S/C17H13BrN2O/c18-11-12-6-8-13(9-7-12)17(21)20-16-5-1-4-15-14(16)3-2-10-19-15/h1-10H,11H2,(H,20,21). The minimum absolute atomic E-state index is 0.118. The quantitative estimate of drug-likeness (QED) is 0.718. The third kappa shape index (κ3) is 2.95. The fourth-order valence-electron chi connectivity index (χ4n) is 2.15. The molecule has 0 atom stereocenters. The molecule has 0 aliphatic rings. The number of amides is 1. The Balaban J connectivity index is 1.89. The molecule has 21 heavy (non-hydrogen) atoms. The van der Waals surface area contributed by atoms with E-state index in [1.165, 1.54) is 0 Å². The lowest BCUT2D eigenvalue weighted by Crippen LogP contribution is -2.12. The number of fused-ring (bicyclic) bond motifs is 1. The van der Waals surface area contributed by atoms with Crippen molar-refractivity contribution in [1.82, 2.24) is 4.98 Å². The zero-order chi connectivity index (χ0) is 14.7. The molecule has 0 fully saturated rings. The fourth-order valence-corrected chi connectivity index (χ4v) is 2.53. The Labute approximate surface area is 131 Å². The van der Waals surface area contributed by atoms with Crippen molar-refractivity contribution in [1.29, 1.82) is 0 Å². The van der Waals surface area contributed by atoms with Gasteiger partial charge in [0.2, 0.25) is 0 Å². The Kier molecular flexibility index (Phi) is 3.97. The number of anilines is 1. The predicted octanol–water partition coefficient (Wildman–Crippen LogP) is 4.38. The minimum atomic E-state index is -0.118. The second kappa shape index (κ2) is 6.06. The first-order chi connectivity index (χ1) is 10.3. The lowest BCUT2D eigenvalue weighted by atomic mass is 10.1. The molecule has 4 heteroatoms. The van der Waals surface area contributed by atoms with Crippen LogP contribution in [0.4, 0.5) is 5.69 Å². The van der Waals surface area contributed by atoms with Gasteiger partial charge >= 0.3 is 0 Å². The van der Waals surface area contributed by atoms with Gasteiger partial charge in [-0.15, -0.1) is 0 Å². The summed E-state index contributed by atoms with van der Waals surface area (Å²) in [5.41, 5.74) is 3.42. The Morgan fingerprint density at radius 3 is 2.62 bits per heavy atom. The fraction of sp³-hybridized carbons (Fsp3) is 0.0588. The molecule has 2 aromatic carbocycles. The summed E-state index contributed by atoms with van der Waals surface area (Å²) in [6, 6.07) is 17.0. The molecule has 0 radical (unpaired) electrons. The molecule has 1 N–H and O–H groups in total. The smallest absolute Gasteiger partial charge is 0.255 e. The van der Waals surface area contributed by atoms with E-state index in [-0.39, 0.29) is 5.91 Å². The van der Waals surface area contributed by atoms with Crippen LogP contribution in [0.2, 0.25) is 0 Å². The molecular weight excluding hydrogens is 328 g/mol. The molecule has 1 heterocycles. The van der Waals surface area contributed by atoms with Gasteiger partial charge in [0, 0.05) is 22.5 Å². The van der Waals surface area contributed by atoms with E-state index in [2.05, 4.69) is 26.2 Å². The number of benzene rings is 2. The number of halogens is 1. The molecule has 0 aliphatic heterocycles. The van der Waals surface area contributed by atoms with E-state index in [0.29, 0.717) is 5.56 Å². The van der Waals surface area contributed by atoms with E-state index in [1.54, 1.807) is 6.20 Å². The molecule has 0 bridgehead atoms. The first kappa shape index (κ1) is 13.8. The van der Waals surface area contributed by atoms with Gasteiger partial charge in [0.05, 0.1) is 11.2 Å². The topological polar surface area (TPSA) is 42.0 Å². The highest BCUT2D eigenvalue weighted by atomic mass is 79.9. The lowest BCUT2D eigenvalue weighted by Gasteiger charge is -2.08. The first-order valence-electron chi connectivity index (χ1n) is 6.58. The summed E-state index contributed by atoms with van der Waals surface area (Å²) in [5, 5.41) is 4.67. The van der Waals surface area contributed by atoms with Crippen LogP contribution >= 0.6 is 15.9 Å². The largest absolute Gasteiger partial charge is 0.321 e. The van der Waals surface area contributed by atoms with Gasteiger partial charge in [-0.2, -0.15) is 0 Å². The number of carbonyl (C=O) groups is 1. The average Bonchev–Trinajstić information content (AvgIpc) is 2.55. The molecule has 0 saturated heterocycles. The molecule has 3 rings (SSSR count). The second-order valence-electron chi connectivity index (χ2n) is 4.66. The number of hydrogen-bond donors (Lipinski definition) is 1. The molecule has 1 amide bonds. The highest BCUT2D eigenvalue weighted by Crippen LogP contribution is 2.22. The number of pyridine rings is 1. The van der Waals surface area contributed by atoms with Crippen molar-refractivity contribution >= 4 is 38.4 Å². The summed E-state index contributed by atoms with van der Waals surface area (Å²) >= 11 is 3.39. The molecule has 3 aromatic rings. The van der Waals surface area contributed by atoms with E-state index >= 15 is 0 Å². The number of rotatable bonds is 3. The van der Waals surface area contributed by atoms with Crippen molar-refractivity contribution in [3.63, 3.8) is 0 Å². The second-order valence-corrected chi connectivity index (χ2v) is 5.22. The van der Waals surface area contributed by atoms with Crippen LogP contribution in [0.25, 0.3) is 10.9 Å². The van der Waals surface area contributed by atoms with E-state index in [1.807, 2.05) is 54.6 Å². The molecule has 0 unspecified atom stereocenters. The van der Waals surface area contributed by atoms with Gasteiger partial charge in [0.1, 0.15) is 0 Å². The van der Waals surface area contributed by atoms with Gasteiger partial charge in [-0.3, -0.25) is 9.78 Å². The molecule has 104 valence electrons. The maximum absolute atomic E-state index is 12.3. The normalized spacial score (nSPS) is 10.5. The average molecular weight is 341 g/mol. The van der Waals surface area contributed by atoms with Gasteiger partial charge in [-0.25, -0.2) is 0 Å². The summed E-state index contributed by atoms with van der Waals surface area (Å²) in [6.07, 6.45) is 1.74. The van der Waals surface area contributed by atoms with Crippen molar-refractivity contribution in [2.24, 2.45) is 0 Å². The Bertz CT molecular complexity index is 779. The summed E-state index contributed by atoms with van der Waals surface area (Å²) < 4.78 is 0. The SMILES string of the molecule is O=C(Nc1cccc2ncccc12)c1ccc(CBr)cc1. The van der Waals surface area contributed by atoms with Crippen LogP contribution in [0.1, 0.15) is 15.9 Å². The third-order valence-electron chi connectivity index (χ3n) is 3.26. The van der Waals surface area contributed by atoms with Gasteiger partial charge in [0.25, 0.3) is 5.91 Å². The van der Waals surface area contributed by atoms with Crippen LogP contribution in [0, 0.1) is 0 Å². The molecule has 0 saturated carbocycles. The van der Waals surface area contributed by atoms with Crippen LogP contribution < -0.4 is 5.32 Å². The van der Waals surface area contributed by atoms with Crippen molar-refractivity contribution in [3.8, 4) is 0 Å². The van der Waals surface area contributed by atoms with Crippen LogP contribution in [-0.2, 0) is 5.33 Å². The number of nitrogens with zero attached hydrogens (tertiary/aromatic N) is 1. The highest BCUT2D eigenvalue weighted by molar-refractivity contribution is 9.08. The van der Waals surface area contributed by atoms with Crippen LogP contribution in [-0.4, -0.2) is 10.9 Å². The van der Waals surface area contributed by atoms with Crippen molar-refractivity contribution in [3.05, 3.63) is 71.9 Å².